The van der Waals surface area contributed by atoms with Crippen LogP contribution in [0.3, 0.4) is 0 Å². The number of ether oxygens (including phenoxy) is 1. The molecule has 0 bridgehead atoms. The number of hydrogen-bond acceptors (Lipinski definition) is 6. The van der Waals surface area contributed by atoms with Gasteiger partial charge < -0.3 is 20.4 Å². The Morgan fingerprint density at radius 3 is 2.42 bits per heavy atom. The summed E-state index contributed by atoms with van der Waals surface area (Å²) in [5, 5.41) is 24.2. The Balaban J connectivity index is 1.89. The van der Waals surface area contributed by atoms with Gasteiger partial charge >= 0.3 is 0 Å². The van der Waals surface area contributed by atoms with Gasteiger partial charge in [0.15, 0.2) is 11.5 Å². The predicted octanol–water partition coefficient (Wildman–Crippen LogP) is 5.99. The van der Waals surface area contributed by atoms with Crippen molar-refractivity contribution in [3.8, 4) is 17.2 Å². The summed E-state index contributed by atoms with van der Waals surface area (Å²) in [6.45, 7) is 0. The second-order valence-electron chi connectivity index (χ2n) is 6.12. The zero-order valence-electron chi connectivity index (χ0n) is 15.5. The second-order valence-corrected chi connectivity index (χ2v) is 8.27. The highest BCUT2D eigenvalue weighted by Gasteiger charge is 2.17. The molecule has 1 amide bonds. The minimum Gasteiger partial charge on any atom is -0.507 e. The van der Waals surface area contributed by atoms with Gasteiger partial charge in [0.05, 0.1) is 14.5 Å². The van der Waals surface area contributed by atoms with E-state index in [2.05, 4.69) is 42.3 Å². The molecule has 3 N–H and O–H groups in total. The first-order chi connectivity index (χ1) is 14.8. The molecule has 0 atom stereocenters. The van der Waals surface area contributed by atoms with Crippen molar-refractivity contribution in [1.29, 1.82) is 0 Å². The number of benzene rings is 3. The fraction of sp³-hybridized carbons (Fsp3) is 0. The van der Waals surface area contributed by atoms with Gasteiger partial charge in [0.1, 0.15) is 17.7 Å². The summed E-state index contributed by atoms with van der Waals surface area (Å²) in [6, 6.07) is 13.9. The maximum atomic E-state index is 12.8. The molecule has 10 heteroatoms. The maximum Gasteiger partial charge on any atom is 0.270 e. The lowest BCUT2D eigenvalue weighted by Gasteiger charge is -2.13. The molecule has 7 nitrogen and oxygen atoms in total. The molecule has 0 aromatic heterocycles. The van der Waals surface area contributed by atoms with Gasteiger partial charge in [0, 0.05) is 16.3 Å². The first-order valence-electron chi connectivity index (χ1n) is 8.57. The van der Waals surface area contributed by atoms with Crippen molar-refractivity contribution in [1.82, 2.24) is 0 Å². The van der Waals surface area contributed by atoms with E-state index >= 15 is 0 Å². The van der Waals surface area contributed by atoms with Crippen molar-refractivity contribution in [2.45, 2.75) is 0 Å². The highest BCUT2D eigenvalue weighted by Crippen LogP contribution is 2.40. The van der Waals surface area contributed by atoms with Gasteiger partial charge in [-0.1, -0.05) is 28.9 Å². The van der Waals surface area contributed by atoms with E-state index in [0.29, 0.717) is 36.7 Å². The minimum atomic E-state index is -0.613. The van der Waals surface area contributed by atoms with Gasteiger partial charge in [-0.05, 0) is 74.3 Å². The van der Waals surface area contributed by atoms with Crippen molar-refractivity contribution in [2.75, 3.05) is 5.32 Å². The molecule has 0 aliphatic rings. The molecular weight excluding hydrogens is 556 g/mol. The lowest BCUT2D eigenvalue weighted by molar-refractivity contribution is -0.110. The van der Waals surface area contributed by atoms with E-state index in [-0.39, 0.29) is 11.3 Å². The van der Waals surface area contributed by atoms with Crippen LogP contribution in [-0.2, 0) is 4.79 Å². The highest BCUT2D eigenvalue weighted by molar-refractivity contribution is 9.11. The van der Waals surface area contributed by atoms with Crippen LogP contribution in [-0.4, -0.2) is 28.2 Å². The first kappa shape index (κ1) is 22.8. The van der Waals surface area contributed by atoms with Crippen LogP contribution in [0.4, 0.5) is 5.69 Å². The van der Waals surface area contributed by atoms with Gasteiger partial charge in [-0.15, -0.1) is 0 Å². The van der Waals surface area contributed by atoms with Crippen LogP contribution in [0.5, 0.6) is 17.2 Å². The lowest BCUT2D eigenvalue weighted by Crippen LogP contribution is -2.12. The van der Waals surface area contributed by atoms with E-state index < -0.39 is 11.7 Å². The van der Waals surface area contributed by atoms with Gasteiger partial charge in [-0.3, -0.25) is 9.59 Å². The third kappa shape index (κ3) is 5.63. The van der Waals surface area contributed by atoms with E-state index in [4.69, 9.17) is 21.5 Å². The number of aromatic hydroxyl groups is 1. The summed E-state index contributed by atoms with van der Waals surface area (Å²) in [5.74, 6) is -0.543. The number of rotatable bonds is 6. The van der Waals surface area contributed by atoms with Crippen LogP contribution in [0.25, 0.3) is 0 Å². The molecule has 0 heterocycles. The fourth-order valence-electron chi connectivity index (χ4n) is 2.62. The van der Waals surface area contributed by atoms with Crippen molar-refractivity contribution >= 4 is 67.1 Å². The van der Waals surface area contributed by atoms with Crippen molar-refractivity contribution in [3.05, 3.63) is 79.7 Å². The van der Waals surface area contributed by atoms with Crippen LogP contribution in [0, 0.1) is 0 Å². The Labute approximate surface area is 198 Å². The predicted molar refractivity (Wildman–Crippen MR) is 124 cm³/mol. The number of carbonyl (C=O) groups excluding carboxylic acids is 2. The number of oxime groups is 1. The molecule has 0 saturated heterocycles. The topological polar surface area (TPSA) is 108 Å². The normalized spacial score (nSPS) is 10.8. The van der Waals surface area contributed by atoms with Crippen molar-refractivity contribution in [3.63, 3.8) is 0 Å². The molecule has 0 aliphatic carbocycles. The number of halogens is 3. The van der Waals surface area contributed by atoms with Gasteiger partial charge in [0.25, 0.3) is 5.91 Å². The smallest absolute Gasteiger partial charge is 0.270 e. The van der Waals surface area contributed by atoms with Crippen LogP contribution in [0.2, 0.25) is 5.02 Å². The SMILES string of the molecule is O=C(/C=N/O)Nc1cc(Br)c(Oc2ccc(O)c(C(=O)c3cccc(Cl)c3)c2)c(Br)c1. The van der Waals surface area contributed by atoms with Gasteiger partial charge in [0.2, 0.25) is 0 Å². The summed E-state index contributed by atoms with van der Waals surface area (Å²) in [6.07, 6.45) is 0.723. The molecule has 0 aliphatic heterocycles. The number of phenolic OH excluding ortho intramolecular Hbond substituents is 1. The number of ketones is 1. The Morgan fingerprint density at radius 1 is 1.06 bits per heavy atom. The number of nitrogens with zero attached hydrogens (tertiary/aromatic N) is 1. The number of hydrogen-bond donors (Lipinski definition) is 3. The number of carbonyl (C=O) groups is 2. The highest BCUT2D eigenvalue weighted by atomic mass is 79.9. The Morgan fingerprint density at radius 2 is 1.77 bits per heavy atom. The third-order valence-electron chi connectivity index (χ3n) is 3.96. The zero-order chi connectivity index (χ0) is 22.5. The molecule has 0 fully saturated rings. The molecular formula is C21H13Br2ClN2O5. The quantitative estimate of drug-likeness (QED) is 0.147. The lowest BCUT2D eigenvalue weighted by atomic mass is 10.0. The first-order valence-corrected chi connectivity index (χ1v) is 10.5. The standard InChI is InChI=1S/C21H13Br2ClN2O5/c22-16-7-13(26-19(28)10-25-30)8-17(23)21(16)31-14-4-5-18(27)15(9-14)20(29)11-2-1-3-12(24)6-11/h1-10,27,30H,(H,26,28)/b25-10+. The molecule has 3 rings (SSSR count). The molecule has 3 aromatic rings. The molecule has 3 aromatic carbocycles. The Kier molecular flexibility index (Phi) is 7.32. The van der Waals surface area contributed by atoms with E-state index in [9.17, 15) is 14.7 Å². The largest absolute Gasteiger partial charge is 0.507 e. The van der Waals surface area contributed by atoms with E-state index in [1.165, 1.54) is 24.3 Å². The summed E-state index contributed by atoms with van der Waals surface area (Å²) in [5.41, 5.74) is 0.798. The molecule has 0 spiro atoms. The minimum absolute atomic E-state index is 0.0548. The van der Waals surface area contributed by atoms with Crippen LogP contribution >= 0.6 is 43.5 Å². The molecule has 31 heavy (non-hydrogen) atoms. The van der Waals surface area contributed by atoms with E-state index in [0.717, 1.165) is 6.21 Å². The number of phenols is 1. The van der Waals surface area contributed by atoms with Gasteiger partial charge in [-0.25, -0.2) is 0 Å². The average Bonchev–Trinajstić information content (AvgIpc) is 2.71. The third-order valence-corrected chi connectivity index (χ3v) is 5.37. The zero-order valence-corrected chi connectivity index (χ0v) is 19.4. The van der Waals surface area contributed by atoms with Crippen LogP contribution in [0.15, 0.2) is 68.7 Å². The Bertz CT molecular complexity index is 1180. The number of amides is 1. The monoisotopic (exact) mass is 566 g/mol. The van der Waals surface area contributed by atoms with E-state index in [1.807, 2.05) is 0 Å². The Hall–Kier alpha value is -2.88. The summed E-state index contributed by atoms with van der Waals surface area (Å²) < 4.78 is 6.88. The fourth-order valence-corrected chi connectivity index (χ4v) is 4.16. The van der Waals surface area contributed by atoms with Crippen molar-refractivity contribution in [2.24, 2.45) is 5.16 Å². The molecule has 0 unspecified atom stereocenters. The van der Waals surface area contributed by atoms with Crippen molar-refractivity contribution < 1.29 is 24.6 Å². The summed E-state index contributed by atoms with van der Waals surface area (Å²) in [7, 11) is 0. The average molecular weight is 569 g/mol. The second kappa shape index (κ2) is 9.95. The molecule has 0 radical (unpaired) electrons. The number of nitrogens with one attached hydrogen (secondary N) is 1. The summed E-state index contributed by atoms with van der Waals surface area (Å²) in [4.78, 5) is 24.3. The summed E-state index contributed by atoms with van der Waals surface area (Å²) >= 11 is 12.7. The maximum absolute atomic E-state index is 12.8. The van der Waals surface area contributed by atoms with Crippen LogP contribution in [0.1, 0.15) is 15.9 Å². The number of anilines is 1. The van der Waals surface area contributed by atoms with Crippen LogP contribution < -0.4 is 10.1 Å². The van der Waals surface area contributed by atoms with E-state index in [1.54, 1.807) is 30.3 Å². The molecule has 158 valence electrons. The van der Waals surface area contributed by atoms with Gasteiger partial charge in [-0.2, -0.15) is 0 Å². The molecule has 0 saturated carbocycles.